The molecular weight excluding hydrogens is 678 g/mol. The quantitative estimate of drug-likeness (QED) is 0.214. The summed E-state index contributed by atoms with van der Waals surface area (Å²) in [4.78, 5) is 46.4. The summed E-state index contributed by atoms with van der Waals surface area (Å²) in [6.07, 6.45) is 5.06. The van der Waals surface area contributed by atoms with E-state index < -0.39 is 68.7 Å². The zero-order valence-corrected chi connectivity index (χ0v) is 31.3. The van der Waals surface area contributed by atoms with Crippen LogP contribution in [0.3, 0.4) is 0 Å². The van der Waals surface area contributed by atoms with E-state index in [9.17, 15) is 32.3 Å². The molecule has 0 radical (unpaired) electrons. The SMILES string of the molecule is CC(C)(C)NC(=O)[C@@H]1C[C@@H]2CCCC[C@@H]2CN1C[C@@H](O)[C@H](Cc1ccccc1)NC(=O)[C@@H](NC(=O)COc1cccc(F)n1)C(C)(C)S(C)(=O)=O. The molecule has 0 unspecified atom stereocenters. The van der Waals surface area contributed by atoms with Crippen LogP contribution < -0.4 is 20.7 Å². The number of pyridine rings is 1. The first-order chi connectivity index (χ1) is 23.8. The number of halogens is 1. The molecule has 282 valence electrons. The zero-order chi connectivity index (χ0) is 37.6. The predicted octanol–water partition coefficient (Wildman–Crippen LogP) is 2.79. The molecule has 4 rings (SSSR count). The topological polar surface area (TPSA) is 167 Å². The molecule has 4 N–H and O–H groups in total. The van der Waals surface area contributed by atoms with Gasteiger partial charge in [-0.25, -0.2) is 8.42 Å². The number of hydrogen-bond acceptors (Lipinski definition) is 9. The first kappa shape index (κ1) is 40.2. The number of hydrogen-bond donors (Lipinski definition) is 4. The lowest BCUT2D eigenvalue weighted by Gasteiger charge is -2.47. The predicted molar refractivity (Wildman–Crippen MR) is 192 cm³/mol. The molecule has 51 heavy (non-hydrogen) atoms. The number of nitrogens with one attached hydrogen (secondary N) is 3. The fourth-order valence-corrected chi connectivity index (χ4v) is 7.59. The fraction of sp³-hybridized carbons (Fsp3) is 0.622. The highest BCUT2D eigenvalue weighted by molar-refractivity contribution is 7.92. The van der Waals surface area contributed by atoms with E-state index >= 15 is 0 Å². The van der Waals surface area contributed by atoms with Crippen molar-refractivity contribution in [2.45, 2.75) is 108 Å². The lowest BCUT2D eigenvalue weighted by Crippen LogP contribution is -2.64. The van der Waals surface area contributed by atoms with Gasteiger partial charge in [0, 0.05) is 31.0 Å². The number of likely N-dealkylation sites (tertiary alicyclic amines) is 1. The maximum atomic E-state index is 14.1. The van der Waals surface area contributed by atoms with E-state index in [0.29, 0.717) is 24.8 Å². The number of β-amino-alcohol motifs (C(OH)–C–C–N with tert-alkyl or cyclic N) is 1. The number of fused-ring (bicyclic) bond motifs is 1. The molecule has 1 aliphatic heterocycles. The summed E-state index contributed by atoms with van der Waals surface area (Å²) in [5.41, 5.74) is 0.369. The number of ether oxygens (including phenoxy) is 1. The van der Waals surface area contributed by atoms with Gasteiger partial charge in [0.05, 0.1) is 22.9 Å². The number of aliphatic hydroxyl groups excluding tert-OH is 1. The summed E-state index contributed by atoms with van der Waals surface area (Å²) in [7, 11) is -3.94. The number of aromatic nitrogens is 1. The number of carbonyl (C=O) groups is 3. The first-order valence-corrected chi connectivity index (χ1v) is 19.6. The van der Waals surface area contributed by atoms with E-state index in [2.05, 4.69) is 20.9 Å². The molecule has 1 aromatic carbocycles. The van der Waals surface area contributed by atoms with Gasteiger partial charge < -0.3 is 25.8 Å². The number of rotatable bonds is 14. The van der Waals surface area contributed by atoms with Gasteiger partial charge in [0.25, 0.3) is 5.91 Å². The van der Waals surface area contributed by atoms with Crippen LogP contribution in [0.5, 0.6) is 5.88 Å². The maximum Gasteiger partial charge on any atom is 0.258 e. The van der Waals surface area contributed by atoms with Crippen LogP contribution in [0.2, 0.25) is 0 Å². The Morgan fingerprint density at radius 1 is 1.00 bits per heavy atom. The highest BCUT2D eigenvalue weighted by Gasteiger charge is 2.46. The zero-order valence-electron chi connectivity index (χ0n) is 30.5. The number of carbonyl (C=O) groups excluding carboxylic acids is 3. The molecule has 6 atom stereocenters. The third-order valence-electron chi connectivity index (χ3n) is 10.1. The molecule has 14 heteroatoms. The van der Waals surface area contributed by atoms with Crippen LogP contribution >= 0.6 is 0 Å². The normalized spacial score (nSPS) is 21.8. The summed E-state index contributed by atoms with van der Waals surface area (Å²) in [6.45, 7) is 8.51. The molecule has 2 aromatic rings. The number of benzene rings is 1. The molecule has 1 aromatic heterocycles. The fourth-order valence-electron chi connectivity index (χ4n) is 6.99. The van der Waals surface area contributed by atoms with Gasteiger partial charge in [0.15, 0.2) is 16.4 Å². The molecule has 1 saturated heterocycles. The standard InChI is InChI=1S/C37H54FN5O7S/c1-36(2,3)42-34(46)28-20-25-15-10-11-16-26(25)21-43(28)22-29(44)27(19-24-13-8-7-9-14-24)39-35(47)33(37(4,5)51(6,48)49)41-31(45)23-50-32-18-12-17-30(38)40-32/h7-9,12-14,17-18,25-29,33,44H,10-11,15-16,19-23H2,1-6H3,(H,39,47)(H,41,45)(H,42,46)/t25-,26+,27-,28-,29+,33+/m0/s1. The first-order valence-electron chi connectivity index (χ1n) is 17.7. The van der Waals surface area contributed by atoms with Crippen LogP contribution in [0.1, 0.15) is 72.3 Å². The molecule has 0 spiro atoms. The average molecular weight is 732 g/mol. The number of sulfone groups is 1. The maximum absolute atomic E-state index is 14.1. The Labute approximate surface area is 301 Å². The van der Waals surface area contributed by atoms with E-state index in [0.717, 1.165) is 43.6 Å². The molecular formula is C37H54FN5O7S. The largest absolute Gasteiger partial charge is 0.467 e. The van der Waals surface area contributed by atoms with E-state index in [-0.39, 0.29) is 24.8 Å². The second-order valence-electron chi connectivity index (χ2n) is 15.6. The lowest BCUT2D eigenvalue weighted by atomic mass is 9.72. The lowest BCUT2D eigenvalue weighted by molar-refractivity contribution is -0.133. The van der Waals surface area contributed by atoms with Crippen molar-refractivity contribution in [3.63, 3.8) is 0 Å². The van der Waals surface area contributed by atoms with Crippen molar-refractivity contribution in [3.05, 3.63) is 60.0 Å². The Morgan fingerprint density at radius 2 is 1.67 bits per heavy atom. The summed E-state index contributed by atoms with van der Waals surface area (Å²) in [5.74, 6) is -1.91. The van der Waals surface area contributed by atoms with Gasteiger partial charge in [0.2, 0.25) is 23.6 Å². The van der Waals surface area contributed by atoms with Crippen molar-refractivity contribution in [1.82, 2.24) is 25.8 Å². The average Bonchev–Trinajstić information content (AvgIpc) is 3.04. The van der Waals surface area contributed by atoms with Crippen LogP contribution in [0.15, 0.2) is 48.5 Å². The van der Waals surface area contributed by atoms with Crippen molar-refractivity contribution in [2.24, 2.45) is 11.8 Å². The van der Waals surface area contributed by atoms with Crippen molar-refractivity contribution in [3.8, 4) is 5.88 Å². The van der Waals surface area contributed by atoms with Crippen molar-refractivity contribution >= 4 is 27.6 Å². The van der Waals surface area contributed by atoms with Crippen LogP contribution in [-0.4, -0.2) is 102 Å². The number of amides is 3. The second-order valence-corrected chi connectivity index (χ2v) is 18.2. The Hall–Kier alpha value is -3.62. The molecule has 12 nitrogen and oxygen atoms in total. The Bertz CT molecular complexity index is 1620. The monoisotopic (exact) mass is 731 g/mol. The molecule has 2 heterocycles. The van der Waals surface area contributed by atoms with E-state index in [1.54, 1.807) is 0 Å². The van der Waals surface area contributed by atoms with Crippen molar-refractivity contribution in [1.29, 1.82) is 0 Å². The van der Waals surface area contributed by atoms with Gasteiger partial charge in [-0.15, -0.1) is 0 Å². The highest BCUT2D eigenvalue weighted by Crippen LogP contribution is 2.39. The van der Waals surface area contributed by atoms with Gasteiger partial charge in [-0.2, -0.15) is 9.37 Å². The van der Waals surface area contributed by atoms with Gasteiger partial charge in [-0.1, -0.05) is 55.7 Å². The Kier molecular flexibility index (Phi) is 13.2. The highest BCUT2D eigenvalue weighted by atomic mass is 32.2. The van der Waals surface area contributed by atoms with Gasteiger partial charge in [-0.3, -0.25) is 19.3 Å². The molecule has 1 aliphatic carbocycles. The number of nitrogens with zero attached hydrogens (tertiary/aromatic N) is 2. The van der Waals surface area contributed by atoms with Crippen LogP contribution in [0, 0.1) is 17.8 Å². The van der Waals surface area contributed by atoms with Crippen LogP contribution in [0.25, 0.3) is 0 Å². The molecule has 2 aliphatic rings. The third kappa shape index (κ3) is 11.2. The number of aliphatic hydroxyl groups is 1. The van der Waals surface area contributed by atoms with Crippen molar-refractivity contribution < 1.29 is 37.0 Å². The summed E-state index contributed by atoms with van der Waals surface area (Å²) >= 11 is 0. The summed E-state index contributed by atoms with van der Waals surface area (Å²) in [5, 5.41) is 20.4. The number of piperidine rings is 1. The van der Waals surface area contributed by atoms with E-state index in [4.69, 9.17) is 4.74 Å². The van der Waals surface area contributed by atoms with Crippen molar-refractivity contribution in [2.75, 3.05) is 26.0 Å². The minimum absolute atomic E-state index is 0.0875. The minimum atomic E-state index is -3.94. The Balaban J connectivity index is 1.58. The second kappa shape index (κ2) is 16.8. The van der Waals surface area contributed by atoms with Gasteiger partial charge in [0.1, 0.15) is 6.04 Å². The molecule has 0 bridgehead atoms. The minimum Gasteiger partial charge on any atom is -0.467 e. The van der Waals surface area contributed by atoms with Gasteiger partial charge in [-0.05, 0) is 77.3 Å². The summed E-state index contributed by atoms with van der Waals surface area (Å²) in [6, 6.07) is 10.1. The summed E-state index contributed by atoms with van der Waals surface area (Å²) < 4.78 is 43.0. The van der Waals surface area contributed by atoms with E-state index in [1.165, 1.54) is 26.0 Å². The van der Waals surface area contributed by atoms with Crippen LogP contribution in [0.4, 0.5) is 4.39 Å². The van der Waals surface area contributed by atoms with E-state index in [1.807, 2.05) is 56.0 Å². The van der Waals surface area contributed by atoms with Crippen LogP contribution in [-0.2, 0) is 30.6 Å². The third-order valence-corrected chi connectivity index (χ3v) is 12.2. The Morgan fingerprint density at radius 3 is 2.29 bits per heavy atom. The smallest absolute Gasteiger partial charge is 0.258 e. The molecule has 2 fully saturated rings. The van der Waals surface area contributed by atoms with Gasteiger partial charge >= 0.3 is 0 Å². The molecule has 1 saturated carbocycles. The molecule has 3 amide bonds.